The number of hydrogen-bond donors (Lipinski definition) is 1. The number of nitrogens with one attached hydrogen (secondary N) is 1. The molecular weight excluding hydrogens is 218 g/mol. The highest BCUT2D eigenvalue weighted by Gasteiger charge is 2.20. The van der Waals surface area contributed by atoms with Crippen LogP contribution in [0.4, 0.5) is 4.79 Å². The summed E-state index contributed by atoms with van der Waals surface area (Å²) in [5, 5.41) is 6.75. The molecule has 0 aliphatic carbocycles. The molecule has 0 spiro atoms. The van der Waals surface area contributed by atoms with E-state index in [-0.39, 0.29) is 0 Å². The highest BCUT2D eigenvalue weighted by atomic mass is 16.6. The Morgan fingerprint density at radius 3 is 2.76 bits per heavy atom. The van der Waals surface area contributed by atoms with E-state index in [1.54, 1.807) is 24.7 Å². The van der Waals surface area contributed by atoms with E-state index in [0.717, 1.165) is 11.3 Å². The topological polar surface area (TPSA) is 58.2 Å². The van der Waals surface area contributed by atoms with Crippen LogP contribution in [0.1, 0.15) is 32.0 Å². The Morgan fingerprint density at radius 1 is 1.35 bits per heavy atom. The normalized spacial score (nSPS) is 14.4. The van der Waals surface area contributed by atoms with Gasteiger partial charge in [-0.25, -0.2) is 4.79 Å². The van der Waals surface area contributed by atoms with E-state index in [0.29, 0.717) is 0 Å². The van der Waals surface area contributed by atoms with Gasteiger partial charge in [-0.05, 0) is 32.9 Å². The Kier molecular flexibility index (Phi) is 2.75. The summed E-state index contributed by atoms with van der Waals surface area (Å²) in [6.07, 6.45) is 8.20. The van der Waals surface area contributed by atoms with Crippen molar-refractivity contribution in [3.05, 3.63) is 29.9 Å². The van der Waals surface area contributed by atoms with E-state index in [2.05, 4.69) is 10.2 Å². The van der Waals surface area contributed by atoms with Crippen LogP contribution in [-0.4, -0.2) is 26.8 Å². The minimum atomic E-state index is -0.499. The summed E-state index contributed by atoms with van der Waals surface area (Å²) in [4.78, 5) is 13.2. The van der Waals surface area contributed by atoms with Gasteiger partial charge in [0.15, 0.2) is 0 Å². The van der Waals surface area contributed by atoms with Crippen LogP contribution in [0.25, 0.3) is 12.2 Å². The Balaban J connectivity index is 2.13. The minimum absolute atomic E-state index is 0.400. The van der Waals surface area contributed by atoms with Gasteiger partial charge in [0.2, 0.25) is 0 Å². The zero-order valence-corrected chi connectivity index (χ0v) is 10.1. The minimum Gasteiger partial charge on any atom is -0.443 e. The van der Waals surface area contributed by atoms with Crippen molar-refractivity contribution in [3.8, 4) is 0 Å². The molecule has 1 aromatic rings. The lowest BCUT2D eigenvalue weighted by Crippen LogP contribution is -2.30. The third-order valence-electron chi connectivity index (χ3n) is 2.12. The van der Waals surface area contributed by atoms with Gasteiger partial charge in [-0.2, -0.15) is 5.10 Å². The van der Waals surface area contributed by atoms with Gasteiger partial charge in [-0.1, -0.05) is 0 Å². The summed E-state index contributed by atoms with van der Waals surface area (Å²) in [5.41, 5.74) is 1.31. The summed E-state index contributed by atoms with van der Waals surface area (Å²) >= 11 is 0. The molecule has 0 fully saturated rings. The molecule has 0 saturated heterocycles. The van der Waals surface area contributed by atoms with Crippen LogP contribution in [0, 0.1) is 0 Å². The first-order valence-corrected chi connectivity index (χ1v) is 5.37. The largest absolute Gasteiger partial charge is 0.443 e. The lowest BCUT2D eigenvalue weighted by molar-refractivity contribution is 0.0402. The summed E-state index contributed by atoms with van der Waals surface area (Å²) < 4.78 is 5.27. The summed E-state index contributed by atoms with van der Waals surface area (Å²) in [7, 11) is 0. The summed E-state index contributed by atoms with van der Waals surface area (Å²) in [6, 6.07) is 0. The smallest absolute Gasteiger partial charge is 0.418 e. The molecule has 0 saturated carbocycles. The van der Waals surface area contributed by atoms with Crippen molar-refractivity contribution in [2.75, 3.05) is 0 Å². The second kappa shape index (κ2) is 4.08. The predicted molar refractivity (Wildman–Crippen MR) is 64.7 cm³/mol. The van der Waals surface area contributed by atoms with Crippen LogP contribution in [0.3, 0.4) is 0 Å². The fraction of sp³-hybridized carbons (Fsp3) is 0.333. The van der Waals surface area contributed by atoms with E-state index in [1.807, 2.05) is 26.8 Å². The zero-order chi connectivity index (χ0) is 12.5. The summed E-state index contributed by atoms with van der Waals surface area (Å²) in [5.74, 6) is 0. The molecule has 5 heteroatoms. The van der Waals surface area contributed by atoms with Gasteiger partial charge in [0, 0.05) is 18.0 Å². The van der Waals surface area contributed by atoms with E-state index in [1.165, 1.54) is 4.90 Å². The van der Waals surface area contributed by atoms with Gasteiger partial charge in [0.1, 0.15) is 5.60 Å². The molecule has 0 bridgehead atoms. The third-order valence-corrected chi connectivity index (χ3v) is 2.12. The number of amides is 1. The second-order valence-corrected chi connectivity index (χ2v) is 4.76. The van der Waals surface area contributed by atoms with Gasteiger partial charge in [-0.3, -0.25) is 10.00 Å². The standard InChI is InChI=1S/C12H15N3O2/c1-12(2,3)17-11(16)15-6-4-9-8-13-14-10(9)5-7-15/h4-8H,1-3H3,(H,13,14). The van der Waals surface area contributed by atoms with Crippen LogP contribution >= 0.6 is 0 Å². The number of aromatic nitrogens is 2. The average Bonchev–Trinajstić information content (AvgIpc) is 2.54. The van der Waals surface area contributed by atoms with Gasteiger partial charge in [-0.15, -0.1) is 0 Å². The molecule has 0 atom stereocenters. The third kappa shape index (κ3) is 2.75. The number of aromatic amines is 1. The van der Waals surface area contributed by atoms with Crippen molar-refractivity contribution in [1.29, 1.82) is 0 Å². The zero-order valence-electron chi connectivity index (χ0n) is 10.1. The van der Waals surface area contributed by atoms with E-state index in [9.17, 15) is 4.79 Å². The van der Waals surface area contributed by atoms with Crippen LogP contribution in [-0.2, 0) is 4.74 Å². The molecule has 1 amide bonds. The number of H-pyrrole nitrogens is 1. The van der Waals surface area contributed by atoms with Crippen LogP contribution in [0.15, 0.2) is 18.6 Å². The monoisotopic (exact) mass is 233 g/mol. The number of fused-ring (bicyclic) bond motifs is 1. The molecule has 17 heavy (non-hydrogen) atoms. The molecular formula is C12H15N3O2. The molecule has 1 aromatic heterocycles. The molecule has 1 aliphatic rings. The van der Waals surface area contributed by atoms with Crippen molar-refractivity contribution in [1.82, 2.24) is 15.1 Å². The highest BCUT2D eigenvalue weighted by Crippen LogP contribution is 2.17. The van der Waals surface area contributed by atoms with Crippen molar-refractivity contribution in [3.63, 3.8) is 0 Å². The fourth-order valence-electron chi connectivity index (χ4n) is 1.37. The van der Waals surface area contributed by atoms with Crippen molar-refractivity contribution < 1.29 is 9.53 Å². The molecule has 0 radical (unpaired) electrons. The molecule has 2 heterocycles. The van der Waals surface area contributed by atoms with Gasteiger partial charge in [0.25, 0.3) is 0 Å². The molecule has 1 aliphatic heterocycles. The van der Waals surface area contributed by atoms with E-state index < -0.39 is 11.7 Å². The highest BCUT2D eigenvalue weighted by molar-refractivity contribution is 5.75. The van der Waals surface area contributed by atoms with Crippen molar-refractivity contribution in [2.24, 2.45) is 0 Å². The maximum atomic E-state index is 11.8. The summed E-state index contributed by atoms with van der Waals surface area (Å²) in [6.45, 7) is 5.51. The van der Waals surface area contributed by atoms with E-state index in [4.69, 9.17) is 4.74 Å². The molecule has 0 unspecified atom stereocenters. The Bertz CT molecular complexity index is 452. The number of ether oxygens (including phenoxy) is 1. The maximum Gasteiger partial charge on any atom is 0.418 e. The SMILES string of the molecule is CC(C)(C)OC(=O)N1C=Cc2cn[nH]c2C=C1. The van der Waals surface area contributed by atoms with Gasteiger partial charge >= 0.3 is 6.09 Å². The number of carbonyl (C=O) groups is 1. The number of nitrogens with zero attached hydrogens (tertiary/aromatic N) is 2. The molecule has 1 N–H and O–H groups in total. The predicted octanol–water partition coefficient (Wildman–Crippen LogP) is 2.60. The maximum absolute atomic E-state index is 11.8. The van der Waals surface area contributed by atoms with Crippen LogP contribution in [0.2, 0.25) is 0 Å². The first-order chi connectivity index (χ1) is 7.96. The van der Waals surface area contributed by atoms with Crippen molar-refractivity contribution in [2.45, 2.75) is 26.4 Å². The van der Waals surface area contributed by atoms with E-state index >= 15 is 0 Å². The quantitative estimate of drug-likeness (QED) is 0.749. The fourth-order valence-corrected chi connectivity index (χ4v) is 1.37. The first-order valence-electron chi connectivity index (χ1n) is 5.37. The van der Waals surface area contributed by atoms with Gasteiger partial charge < -0.3 is 4.74 Å². The average molecular weight is 233 g/mol. The number of rotatable bonds is 0. The molecule has 0 aromatic carbocycles. The second-order valence-electron chi connectivity index (χ2n) is 4.76. The molecule has 90 valence electrons. The number of carbonyl (C=O) groups excluding carboxylic acids is 1. The number of hydrogen-bond acceptors (Lipinski definition) is 3. The lowest BCUT2D eigenvalue weighted by atomic mass is 10.2. The Morgan fingerprint density at radius 2 is 2.06 bits per heavy atom. The Labute approximate surface area is 99.8 Å². The van der Waals surface area contributed by atoms with Crippen LogP contribution < -0.4 is 0 Å². The van der Waals surface area contributed by atoms with Crippen LogP contribution in [0.5, 0.6) is 0 Å². The lowest BCUT2D eigenvalue weighted by Gasteiger charge is -2.22. The van der Waals surface area contributed by atoms with Gasteiger partial charge in [0.05, 0.1) is 11.9 Å². The Hall–Kier alpha value is -2.04. The molecule has 2 rings (SSSR count). The van der Waals surface area contributed by atoms with Crippen molar-refractivity contribution >= 4 is 18.2 Å². The first kappa shape index (κ1) is 11.4. The molecule has 5 nitrogen and oxygen atoms in total.